The number of ether oxygens (including phenoxy) is 1. The van der Waals surface area contributed by atoms with E-state index in [0.717, 1.165) is 30.7 Å². The Morgan fingerprint density at radius 1 is 1.53 bits per heavy atom. The maximum atomic E-state index is 10.2. The number of anilines is 2. The molecule has 0 saturated heterocycles. The number of hydrogen-bond donors (Lipinski definition) is 3. The van der Waals surface area contributed by atoms with Gasteiger partial charge < -0.3 is 20.9 Å². The van der Waals surface area contributed by atoms with E-state index in [0.29, 0.717) is 24.7 Å². The van der Waals surface area contributed by atoms with Crippen molar-refractivity contribution in [3.05, 3.63) is 0 Å². The number of nitrogens with zero attached hydrogens (tertiary/aromatic N) is 1. The van der Waals surface area contributed by atoms with E-state index in [4.69, 9.17) is 10.5 Å². The van der Waals surface area contributed by atoms with Crippen LogP contribution in [0.25, 0.3) is 0 Å². The summed E-state index contributed by atoms with van der Waals surface area (Å²) < 4.78 is 9.49. The molecule has 0 amide bonds. The highest BCUT2D eigenvalue weighted by Crippen LogP contribution is 2.36. The lowest BCUT2D eigenvalue weighted by Crippen LogP contribution is -2.33. The van der Waals surface area contributed by atoms with E-state index >= 15 is 0 Å². The quantitative estimate of drug-likeness (QED) is 0.750. The average Bonchev–Trinajstić information content (AvgIpc) is 2.87. The lowest BCUT2D eigenvalue weighted by Gasteiger charge is -2.22. The first-order valence-electron chi connectivity index (χ1n) is 5.99. The summed E-state index contributed by atoms with van der Waals surface area (Å²) in [6.07, 6.45) is 3.92. The van der Waals surface area contributed by atoms with Gasteiger partial charge in [0.25, 0.3) is 0 Å². The van der Waals surface area contributed by atoms with Crippen molar-refractivity contribution in [3.63, 3.8) is 0 Å². The molecule has 6 heteroatoms. The molecule has 1 aliphatic rings. The van der Waals surface area contributed by atoms with Crippen LogP contribution in [0, 0.1) is 0 Å². The standard InChI is InChI=1S/C11H19N3O2S/c1-2-16-8-9(12)14-17-10(8)13-7-11(15)5-3-4-6-11/h13,15H,2-7H2,1H3,(H2,12,14). The third kappa shape index (κ3) is 2.81. The van der Waals surface area contributed by atoms with Crippen LogP contribution in [0.3, 0.4) is 0 Å². The first kappa shape index (κ1) is 12.4. The molecular formula is C11H19N3O2S. The Kier molecular flexibility index (Phi) is 3.73. The van der Waals surface area contributed by atoms with E-state index in [-0.39, 0.29) is 0 Å². The van der Waals surface area contributed by atoms with Crippen molar-refractivity contribution in [3.8, 4) is 5.75 Å². The third-order valence-electron chi connectivity index (χ3n) is 3.08. The minimum absolute atomic E-state index is 0.415. The fourth-order valence-electron chi connectivity index (χ4n) is 2.15. The van der Waals surface area contributed by atoms with Crippen molar-refractivity contribution in [2.45, 2.75) is 38.2 Å². The molecule has 0 aliphatic heterocycles. The molecule has 17 heavy (non-hydrogen) atoms. The number of nitrogens with two attached hydrogens (primary N) is 1. The Bertz CT molecular complexity index is 375. The number of aromatic nitrogens is 1. The molecule has 96 valence electrons. The molecule has 0 unspecified atom stereocenters. The van der Waals surface area contributed by atoms with Gasteiger partial charge in [-0.05, 0) is 31.3 Å². The minimum atomic E-state index is -0.581. The minimum Gasteiger partial charge on any atom is -0.487 e. The monoisotopic (exact) mass is 257 g/mol. The van der Waals surface area contributed by atoms with E-state index in [1.165, 1.54) is 11.5 Å². The van der Waals surface area contributed by atoms with Gasteiger partial charge in [-0.2, -0.15) is 4.37 Å². The molecule has 0 spiro atoms. The van der Waals surface area contributed by atoms with Crippen molar-refractivity contribution in [1.82, 2.24) is 4.37 Å². The zero-order valence-corrected chi connectivity index (χ0v) is 10.8. The van der Waals surface area contributed by atoms with Crippen molar-refractivity contribution in [1.29, 1.82) is 0 Å². The summed E-state index contributed by atoms with van der Waals surface area (Å²) in [6, 6.07) is 0. The molecule has 0 bridgehead atoms. The number of aliphatic hydroxyl groups is 1. The first-order valence-corrected chi connectivity index (χ1v) is 6.76. The second-order valence-electron chi connectivity index (χ2n) is 4.44. The van der Waals surface area contributed by atoms with Crippen LogP contribution in [0.2, 0.25) is 0 Å². The van der Waals surface area contributed by atoms with Crippen LogP contribution >= 0.6 is 11.5 Å². The molecule has 0 atom stereocenters. The number of rotatable bonds is 5. The van der Waals surface area contributed by atoms with Gasteiger partial charge in [0.05, 0.1) is 12.2 Å². The summed E-state index contributed by atoms with van der Waals surface area (Å²) in [7, 11) is 0. The SMILES string of the molecule is CCOc1c(N)nsc1NCC1(O)CCCC1. The topological polar surface area (TPSA) is 80.4 Å². The summed E-state index contributed by atoms with van der Waals surface area (Å²) in [5.41, 5.74) is 5.13. The van der Waals surface area contributed by atoms with Gasteiger partial charge in [-0.15, -0.1) is 0 Å². The Morgan fingerprint density at radius 3 is 2.88 bits per heavy atom. The molecule has 0 aromatic carbocycles. The van der Waals surface area contributed by atoms with Gasteiger partial charge in [-0.3, -0.25) is 0 Å². The smallest absolute Gasteiger partial charge is 0.197 e. The molecule has 5 nitrogen and oxygen atoms in total. The van der Waals surface area contributed by atoms with Crippen LogP contribution in [0.15, 0.2) is 0 Å². The van der Waals surface area contributed by atoms with E-state index in [1.54, 1.807) is 0 Å². The predicted molar refractivity (Wildman–Crippen MR) is 69.6 cm³/mol. The fraction of sp³-hybridized carbons (Fsp3) is 0.727. The lowest BCUT2D eigenvalue weighted by atomic mass is 10.0. The molecule has 1 heterocycles. The molecular weight excluding hydrogens is 238 g/mol. The zero-order valence-electron chi connectivity index (χ0n) is 10.0. The molecule has 1 saturated carbocycles. The predicted octanol–water partition coefficient (Wildman–Crippen LogP) is 1.84. The van der Waals surface area contributed by atoms with Gasteiger partial charge in [0, 0.05) is 6.54 Å². The highest BCUT2D eigenvalue weighted by atomic mass is 32.1. The van der Waals surface area contributed by atoms with Crippen LogP contribution in [0.4, 0.5) is 10.8 Å². The van der Waals surface area contributed by atoms with Crippen molar-refractivity contribution in [2.75, 3.05) is 24.2 Å². The summed E-state index contributed by atoms with van der Waals surface area (Å²) in [5, 5.41) is 14.2. The van der Waals surface area contributed by atoms with Gasteiger partial charge in [-0.25, -0.2) is 0 Å². The third-order valence-corrected chi connectivity index (χ3v) is 3.88. The Morgan fingerprint density at radius 2 is 2.24 bits per heavy atom. The Labute approximate surface area is 105 Å². The highest BCUT2D eigenvalue weighted by molar-refractivity contribution is 7.11. The maximum Gasteiger partial charge on any atom is 0.197 e. The van der Waals surface area contributed by atoms with Gasteiger partial charge >= 0.3 is 0 Å². The fourth-order valence-corrected chi connectivity index (χ4v) is 2.80. The average molecular weight is 257 g/mol. The summed E-state index contributed by atoms with van der Waals surface area (Å²) in [4.78, 5) is 0. The normalized spacial score (nSPS) is 18.2. The first-order chi connectivity index (χ1) is 8.14. The van der Waals surface area contributed by atoms with Crippen molar-refractivity contribution >= 4 is 22.4 Å². The molecule has 1 fully saturated rings. The molecule has 1 aliphatic carbocycles. The van der Waals surface area contributed by atoms with E-state index in [9.17, 15) is 5.11 Å². The Hall–Kier alpha value is -1.01. The maximum absolute atomic E-state index is 10.2. The number of hydrogen-bond acceptors (Lipinski definition) is 6. The summed E-state index contributed by atoms with van der Waals surface area (Å²) in [6.45, 7) is 3.00. The van der Waals surface area contributed by atoms with Crippen LogP contribution in [-0.4, -0.2) is 28.2 Å². The second-order valence-corrected chi connectivity index (χ2v) is 5.22. The zero-order chi connectivity index (χ0) is 12.3. The lowest BCUT2D eigenvalue weighted by molar-refractivity contribution is 0.0615. The molecule has 4 N–H and O–H groups in total. The number of nitrogens with one attached hydrogen (secondary N) is 1. The largest absolute Gasteiger partial charge is 0.487 e. The Balaban J connectivity index is 1.98. The molecule has 2 rings (SSSR count). The highest BCUT2D eigenvalue weighted by Gasteiger charge is 2.31. The summed E-state index contributed by atoms with van der Waals surface area (Å²) >= 11 is 1.28. The van der Waals surface area contributed by atoms with E-state index < -0.39 is 5.60 Å². The van der Waals surface area contributed by atoms with Gasteiger partial charge in [0.15, 0.2) is 16.6 Å². The van der Waals surface area contributed by atoms with Crippen LogP contribution in [-0.2, 0) is 0 Å². The van der Waals surface area contributed by atoms with Crippen molar-refractivity contribution < 1.29 is 9.84 Å². The van der Waals surface area contributed by atoms with Crippen LogP contribution < -0.4 is 15.8 Å². The van der Waals surface area contributed by atoms with Crippen molar-refractivity contribution in [2.24, 2.45) is 0 Å². The number of nitrogen functional groups attached to an aromatic ring is 1. The molecule has 1 aromatic heterocycles. The second kappa shape index (κ2) is 5.10. The molecule has 1 aromatic rings. The van der Waals surface area contributed by atoms with Crippen LogP contribution in [0.1, 0.15) is 32.6 Å². The molecule has 0 radical (unpaired) electrons. The van der Waals surface area contributed by atoms with Crippen LogP contribution in [0.5, 0.6) is 5.75 Å². The van der Waals surface area contributed by atoms with Gasteiger partial charge in [0.2, 0.25) is 0 Å². The van der Waals surface area contributed by atoms with E-state index in [2.05, 4.69) is 9.69 Å². The van der Waals surface area contributed by atoms with Gasteiger partial charge in [0.1, 0.15) is 0 Å². The summed E-state index contributed by atoms with van der Waals surface area (Å²) in [5.74, 6) is 1.02. The van der Waals surface area contributed by atoms with Gasteiger partial charge in [-0.1, -0.05) is 12.8 Å². The van der Waals surface area contributed by atoms with E-state index in [1.807, 2.05) is 6.92 Å².